The number of benzene rings is 2. The Balaban J connectivity index is 2.11. The van der Waals surface area contributed by atoms with Crippen LogP contribution in [0.3, 0.4) is 0 Å². The summed E-state index contributed by atoms with van der Waals surface area (Å²) in [6, 6.07) is 15.7. The summed E-state index contributed by atoms with van der Waals surface area (Å²) in [6.07, 6.45) is 2.27. The summed E-state index contributed by atoms with van der Waals surface area (Å²) >= 11 is 6.25. The van der Waals surface area contributed by atoms with Crippen molar-refractivity contribution in [2.24, 2.45) is 0 Å². The molecule has 1 aliphatic heterocycles. The predicted molar refractivity (Wildman–Crippen MR) is 104 cm³/mol. The van der Waals surface area contributed by atoms with Gasteiger partial charge in [-0.3, -0.25) is 4.79 Å². The van der Waals surface area contributed by atoms with Gasteiger partial charge in [-0.2, -0.15) is 0 Å². The zero-order valence-electron chi connectivity index (χ0n) is 14.1. The van der Waals surface area contributed by atoms with E-state index >= 15 is 0 Å². The minimum absolute atomic E-state index is 0.0372. The first-order valence-corrected chi connectivity index (χ1v) is 8.97. The Morgan fingerprint density at radius 2 is 1.80 bits per heavy atom. The molecule has 4 heteroatoms. The number of rotatable bonds is 3. The van der Waals surface area contributed by atoms with E-state index in [0.717, 1.165) is 53.8 Å². The average Bonchev–Trinajstić information content (AvgIpc) is 3.15. The number of carbonyl (C=O) groups is 1. The molecule has 0 aliphatic carbocycles. The fourth-order valence-electron chi connectivity index (χ4n) is 3.62. The van der Waals surface area contributed by atoms with Gasteiger partial charge in [-0.05, 0) is 43.5 Å². The fourth-order valence-corrected chi connectivity index (χ4v) is 3.79. The van der Waals surface area contributed by atoms with Crippen LogP contribution in [-0.4, -0.2) is 23.9 Å². The van der Waals surface area contributed by atoms with E-state index in [4.69, 9.17) is 16.6 Å². The number of pyridine rings is 1. The van der Waals surface area contributed by atoms with Crippen molar-refractivity contribution < 1.29 is 4.79 Å². The minimum atomic E-state index is 0.0372. The van der Waals surface area contributed by atoms with Gasteiger partial charge in [0.15, 0.2) is 5.78 Å². The molecule has 0 radical (unpaired) electrons. The molecule has 2 heterocycles. The van der Waals surface area contributed by atoms with Gasteiger partial charge >= 0.3 is 0 Å². The van der Waals surface area contributed by atoms with Crippen LogP contribution in [0.25, 0.3) is 22.0 Å². The third-order valence-electron chi connectivity index (χ3n) is 4.75. The summed E-state index contributed by atoms with van der Waals surface area (Å²) in [4.78, 5) is 19.7. The lowest BCUT2D eigenvalue weighted by Crippen LogP contribution is -2.22. The van der Waals surface area contributed by atoms with E-state index < -0.39 is 0 Å². The van der Waals surface area contributed by atoms with Gasteiger partial charge < -0.3 is 4.90 Å². The first-order valence-electron chi connectivity index (χ1n) is 8.60. The molecule has 3 aromatic rings. The molecule has 126 valence electrons. The number of carbonyl (C=O) groups excluding carboxylic acids is 1. The van der Waals surface area contributed by atoms with Gasteiger partial charge in [0.25, 0.3) is 0 Å². The normalized spacial score (nSPS) is 14.2. The van der Waals surface area contributed by atoms with E-state index in [-0.39, 0.29) is 5.78 Å². The third-order valence-corrected chi connectivity index (χ3v) is 4.98. The number of aromatic nitrogens is 1. The van der Waals surface area contributed by atoms with Gasteiger partial charge in [-0.25, -0.2) is 4.98 Å². The number of hydrogen-bond donors (Lipinski definition) is 0. The van der Waals surface area contributed by atoms with Crippen molar-refractivity contribution in [3.05, 3.63) is 59.1 Å². The highest BCUT2D eigenvalue weighted by atomic mass is 35.5. The van der Waals surface area contributed by atoms with Crippen LogP contribution < -0.4 is 4.90 Å². The molecule has 3 nitrogen and oxygen atoms in total. The smallest absolute Gasteiger partial charge is 0.164 e. The van der Waals surface area contributed by atoms with Crippen molar-refractivity contribution in [3.8, 4) is 11.1 Å². The van der Waals surface area contributed by atoms with Crippen LogP contribution >= 0.6 is 11.6 Å². The molecule has 0 atom stereocenters. The molecule has 25 heavy (non-hydrogen) atoms. The first-order chi connectivity index (χ1) is 12.1. The molecular weight excluding hydrogens is 332 g/mol. The van der Waals surface area contributed by atoms with Gasteiger partial charge in [0.2, 0.25) is 0 Å². The van der Waals surface area contributed by atoms with Crippen LogP contribution in [0.1, 0.15) is 30.1 Å². The number of nitrogens with zero attached hydrogens (tertiary/aromatic N) is 2. The lowest BCUT2D eigenvalue weighted by molar-refractivity contribution is 0.101. The highest BCUT2D eigenvalue weighted by molar-refractivity contribution is 6.31. The van der Waals surface area contributed by atoms with Crippen molar-refractivity contribution in [3.63, 3.8) is 0 Å². The van der Waals surface area contributed by atoms with Gasteiger partial charge in [0, 0.05) is 29.1 Å². The molecular formula is C21H19ClN2O. The maximum absolute atomic E-state index is 12.6. The van der Waals surface area contributed by atoms with E-state index in [0.29, 0.717) is 10.6 Å². The molecule has 0 spiro atoms. The Bertz CT molecular complexity index is 947. The Morgan fingerprint density at radius 3 is 2.48 bits per heavy atom. The van der Waals surface area contributed by atoms with Crippen molar-refractivity contribution in [2.75, 3.05) is 18.0 Å². The second-order valence-electron chi connectivity index (χ2n) is 6.46. The van der Waals surface area contributed by atoms with Gasteiger partial charge in [0.05, 0.1) is 11.1 Å². The molecule has 0 bridgehead atoms. The lowest BCUT2D eigenvalue weighted by Gasteiger charge is -2.23. The number of Topliss-reactive ketones (excluding diaryl/α,β-unsaturated/α-hetero) is 1. The maximum Gasteiger partial charge on any atom is 0.164 e. The average molecular weight is 351 g/mol. The second kappa shape index (κ2) is 6.49. The highest BCUT2D eigenvalue weighted by Gasteiger charge is 2.25. The van der Waals surface area contributed by atoms with Crippen molar-refractivity contribution in [2.45, 2.75) is 19.8 Å². The van der Waals surface area contributed by atoms with Crippen LogP contribution in [0.5, 0.6) is 0 Å². The molecule has 1 aromatic heterocycles. The Labute approximate surface area is 152 Å². The molecule has 2 aromatic carbocycles. The van der Waals surface area contributed by atoms with Crippen LogP contribution in [-0.2, 0) is 0 Å². The largest absolute Gasteiger partial charge is 0.356 e. The van der Waals surface area contributed by atoms with E-state index in [1.165, 1.54) is 0 Å². The number of ketones is 1. The van der Waals surface area contributed by atoms with E-state index in [2.05, 4.69) is 4.90 Å². The van der Waals surface area contributed by atoms with Crippen LogP contribution in [0.15, 0.2) is 48.5 Å². The predicted octanol–water partition coefficient (Wildman–Crippen LogP) is 5.36. The van der Waals surface area contributed by atoms with Gasteiger partial charge in [-0.1, -0.05) is 41.9 Å². The monoisotopic (exact) mass is 350 g/mol. The van der Waals surface area contributed by atoms with E-state index in [9.17, 15) is 4.79 Å². The fraction of sp³-hybridized carbons (Fsp3) is 0.238. The standard InChI is InChI=1S/C21H19ClN2O/c1-14(25)19-20(15-7-3-2-4-8-15)17-13-16(22)9-10-18(17)23-21(19)24-11-5-6-12-24/h2-4,7-10,13H,5-6,11-12H2,1H3. The van der Waals surface area contributed by atoms with Crippen molar-refractivity contribution in [1.29, 1.82) is 0 Å². The summed E-state index contributed by atoms with van der Waals surface area (Å²) in [6.45, 7) is 3.51. The Hall–Kier alpha value is -2.39. The third kappa shape index (κ3) is 2.89. The Kier molecular flexibility index (Phi) is 4.18. The quantitative estimate of drug-likeness (QED) is 0.596. The van der Waals surface area contributed by atoms with Crippen LogP contribution in [0.2, 0.25) is 5.02 Å². The molecule has 4 rings (SSSR count). The van der Waals surface area contributed by atoms with E-state index in [1.807, 2.05) is 48.5 Å². The summed E-state index contributed by atoms with van der Waals surface area (Å²) in [5.41, 5.74) is 3.52. The number of fused-ring (bicyclic) bond motifs is 1. The lowest BCUT2D eigenvalue weighted by atomic mass is 9.93. The van der Waals surface area contributed by atoms with Gasteiger partial charge in [-0.15, -0.1) is 0 Å². The topological polar surface area (TPSA) is 33.2 Å². The van der Waals surface area contributed by atoms with Crippen LogP contribution in [0, 0.1) is 0 Å². The zero-order chi connectivity index (χ0) is 17.4. The van der Waals surface area contributed by atoms with Gasteiger partial charge in [0.1, 0.15) is 5.82 Å². The molecule has 1 aliphatic rings. The maximum atomic E-state index is 12.6. The summed E-state index contributed by atoms with van der Waals surface area (Å²) < 4.78 is 0. The molecule has 0 N–H and O–H groups in total. The number of anilines is 1. The highest BCUT2D eigenvalue weighted by Crippen LogP contribution is 2.38. The SMILES string of the molecule is CC(=O)c1c(N2CCCC2)nc2ccc(Cl)cc2c1-c1ccccc1. The Morgan fingerprint density at radius 1 is 1.08 bits per heavy atom. The number of hydrogen-bond acceptors (Lipinski definition) is 3. The zero-order valence-corrected chi connectivity index (χ0v) is 14.9. The van der Waals surface area contributed by atoms with Crippen molar-refractivity contribution in [1.82, 2.24) is 4.98 Å². The molecule has 1 saturated heterocycles. The minimum Gasteiger partial charge on any atom is -0.356 e. The first kappa shape index (κ1) is 16.1. The molecule has 1 fully saturated rings. The summed E-state index contributed by atoms with van der Waals surface area (Å²) in [5.74, 6) is 0.841. The van der Waals surface area contributed by atoms with Crippen molar-refractivity contribution >= 4 is 34.1 Å². The second-order valence-corrected chi connectivity index (χ2v) is 6.90. The van der Waals surface area contributed by atoms with Crippen LogP contribution in [0.4, 0.5) is 5.82 Å². The molecule has 0 saturated carbocycles. The summed E-state index contributed by atoms with van der Waals surface area (Å²) in [5, 5.41) is 1.57. The number of halogens is 1. The molecule has 0 unspecified atom stereocenters. The van der Waals surface area contributed by atoms with E-state index in [1.54, 1.807) is 6.92 Å². The summed E-state index contributed by atoms with van der Waals surface area (Å²) in [7, 11) is 0. The molecule has 0 amide bonds.